The van der Waals surface area contributed by atoms with E-state index in [4.69, 9.17) is 0 Å². The van der Waals surface area contributed by atoms with E-state index in [1.54, 1.807) is 25.2 Å². The molecule has 1 aromatic heterocycles. The van der Waals surface area contributed by atoms with Crippen molar-refractivity contribution in [2.75, 3.05) is 17.7 Å². The Morgan fingerprint density at radius 2 is 1.92 bits per heavy atom. The molecular formula is C16H15N3O3S2. The molecule has 0 saturated carbocycles. The van der Waals surface area contributed by atoms with Crippen molar-refractivity contribution < 1.29 is 13.2 Å². The number of hydrogen-bond acceptors (Lipinski definition) is 6. The number of nitrogens with zero attached hydrogens (tertiary/aromatic N) is 3. The van der Waals surface area contributed by atoms with Gasteiger partial charge in [-0.2, -0.15) is 8.75 Å². The van der Waals surface area contributed by atoms with Crippen LogP contribution in [0.4, 0.5) is 5.69 Å². The van der Waals surface area contributed by atoms with Gasteiger partial charge in [-0.3, -0.25) is 4.79 Å². The van der Waals surface area contributed by atoms with Crippen molar-refractivity contribution in [1.29, 1.82) is 0 Å². The fourth-order valence-corrected chi connectivity index (χ4v) is 4.36. The Hall–Kier alpha value is -2.32. The Morgan fingerprint density at radius 1 is 1.17 bits per heavy atom. The van der Waals surface area contributed by atoms with E-state index < -0.39 is 21.5 Å². The second-order valence-electron chi connectivity index (χ2n) is 5.44. The van der Waals surface area contributed by atoms with Gasteiger partial charge in [0.15, 0.2) is 9.84 Å². The Balaban J connectivity index is 1.89. The first-order valence-electron chi connectivity index (χ1n) is 7.16. The van der Waals surface area contributed by atoms with E-state index in [1.807, 2.05) is 25.1 Å². The third-order valence-corrected chi connectivity index (χ3v) is 5.83. The average Bonchev–Trinajstić information content (AvgIpc) is 3.02. The third kappa shape index (κ3) is 3.15. The Kier molecular flexibility index (Phi) is 4.33. The van der Waals surface area contributed by atoms with Crippen LogP contribution in [0.3, 0.4) is 0 Å². The lowest BCUT2D eigenvalue weighted by Gasteiger charge is -2.18. The van der Waals surface area contributed by atoms with Crippen molar-refractivity contribution in [2.45, 2.75) is 11.8 Å². The van der Waals surface area contributed by atoms with Crippen LogP contribution in [-0.2, 0) is 14.6 Å². The van der Waals surface area contributed by atoms with Gasteiger partial charge in [0.2, 0.25) is 5.91 Å². The van der Waals surface area contributed by atoms with E-state index in [9.17, 15) is 13.2 Å². The van der Waals surface area contributed by atoms with Gasteiger partial charge in [-0.05, 0) is 36.8 Å². The van der Waals surface area contributed by atoms with Gasteiger partial charge < -0.3 is 4.90 Å². The van der Waals surface area contributed by atoms with Crippen LogP contribution in [0.1, 0.15) is 5.56 Å². The second kappa shape index (κ2) is 6.29. The SMILES string of the molecule is Cc1cccc(N(C)C(=O)CS(=O)(=O)c2cccc3nsnc23)c1. The standard InChI is InChI=1S/C16H15N3O3S2/c1-11-5-3-6-12(9-11)19(2)15(20)10-24(21,22)14-8-4-7-13-16(14)18-23-17-13/h3-9H,10H2,1-2H3. The van der Waals surface area contributed by atoms with E-state index in [2.05, 4.69) is 8.75 Å². The number of fused-ring (bicyclic) bond motifs is 1. The fraction of sp³-hybridized carbons (Fsp3) is 0.188. The Labute approximate surface area is 144 Å². The number of rotatable bonds is 4. The molecule has 1 heterocycles. The van der Waals surface area contributed by atoms with Gasteiger partial charge in [0.1, 0.15) is 16.8 Å². The topological polar surface area (TPSA) is 80.2 Å². The molecule has 0 bridgehead atoms. The molecule has 0 aliphatic heterocycles. The van der Waals surface area contributed by atoms with E-state index >= 15 is 0 Å². The minimum atomic E-state index is -3.81. The first-order chi connectivity index (χ1) is 11.4. The first-order valence-corrected chi connectivity index (χ1v) is 9.54. The predicted molar refractivity (Wildman–Crippen MR) is 94.1 cm³/mol. The second-order valence-corrected chi connectivity index (χ2v) is 7.93. The Bertz CT molecular complexity index is 1010. The molecule has 124 valence electrons. The summed E-state index contributed by atoms with van der Waals surface area (Å²) in [6.45, 7) is 1.91. The van der Waals surface area contributed by atoms with E-state index in [1.165, 1.54) is 11.0 Å². The molecular weight excluding hydrogens is 346 g/mol. The number of sulfone groups is 1. The van der Waals surface area contributed by atoms with Gasteiger partial charge in [0, 0.05) is 12.7 Å². The maximum absolute atomic E-state index is 12.6. The van der Waals surface area contributed by atoms with Crippen LogP contribution in [0.15, 0.2) is 47.4 Å². The number of amides is 1. The molecule has 0 atom stereocenters. The zero-order valence-corrected chi connectivity index (χ0v) is 14.8. The molecule has 1 amide bonds. The summed E-state index contributed by atoms with van der Waals surface area (Å²) in [6.07, 6.45) is 0. The highest BCUT2D eigenvalue weighted by molar-refractivity contribution is 7.92. The molecule has 0 saturated heterocycles. The largest absolute Gasteiger partial charge is 0.315 e. The van der Waals surface area contributed by atoms with Crippen LogP contribution in [0.5, 0.6) is 0 Å². The number of aryl methyl sites for hydroxylation is 1. The van der Waals surface area contributed by atoms with E-state index in [-0.39, 0.29) is 4.90 Å². The minimum Gasteiger partial charge on any atom is -0.315 e. The predicted octanol–water partition coefficient (Wildman–Crippen LogP) is 2.44. The molecule has 0 radical (unpaired) electrons. The summed E-state index contributed by atoms with van der Waals surface area (Å²) in [5, 5.41) is 0. The lowest BCUT2D eigenvalue weighted by atomic mass is 10.2. The highest BCUT2D eigenvalue weighted by Gasteiger charge is 2.25. The number of aromatic nitrogens is 2. The third-order valence-electron chi connectivity index (χ3n) is 3.66. The van der Waals surface area contributed by atoms with Crippen molar-refractivity contribution in [2.24, 2.45) is 0 Å². The van der Waals surface area contributed by atoms with Gasteiger partial charge in [-0.25, -0.2) is 8.42 Å². The molecule has 3 rings (SSSR count). The summed E-state index contributed by atoms with van der Waals surface area (Å²) in [5.74, 6) is -1.12. The quantitative estimate of drug-likeness (QED) is 0.713. The number of carbonyl (C=O) groups is 1. The number of anilines is 1. The van der Waals surface area contributed by atoms with Crippen molar-refractivity contribution in [3.05, 3.63) is 48.0 Å². The van der Waals surface area contributed by atoms with Crippen LogP contribution < -0.4 is 4.90 Å². The normalized spacial score (nSPS) is 11.6. The molecule has 0 spiro atoms. The molecule has 0 unspecified atom stereocenters. The van der Waals surface area contributed by atoms with Gasteiger partial charge in [-0.1, -0.05) is 18.2 Å². The Morgan fingerprint density at radius 3 is 2.67 bits per heavy atom. The lowest BCUT2D eigenvalue weighted by Crippen LogP contribution is -2.32. The molecule has 0 N–H and O–H groups in total. The van der Waals surface area contributed by atoms with E-state index in [0.717, 1.165) is 17.3 Å². The van der Waals surface area contributed by atoms with Crippen molar-refractivity contribution >= 4 is 44.2 Å². The van der Waals surface area contributed by atoms with Crippen LogP contribution in [0.25, 0.3) is 11.0 Å². The zero-order valence-electron chi connectivity index (χ0n) is 13.1. The van der Waals surface area contributed by atoms with Gasteiger partial charge in [-0.15, -0.1) is 0 Å². The van der Waals surface area contributed by atoms with Crippen LogP contribution in [0, 0.1) is 6.92 Å². The summed E-state index contributed by atoms with van der Waals surface area (Å²) in [4.78, 5) is 13.8. The molecule has 0 aliphatic rings. The highest BCUT2D eigenvalue weighted by atomic mass is 32.2. The summed E-state index contributed by atoms with van der Waals surface area (Å²) in [6, 6.07) is 12.1. The maximum atomic E-state index is 12.6. The number of hydrogen-bond donors (Lipinski definition) is 0. The summed E-state index contributed by atoms with van der Waals surface area (Å²) in [5.41, 5.74) is 2.48. The monoisotopic (exact) mass is 361 g/mol. The van der Waals surface area contributed by atoms with E-state index in [0.29, 0.717) is 16.7 Å². The molecule has 0 fully saturated rings. The highest BCUT2D eigenvalue weighted by Crippen LogP contribution is 2.23. The number of benzene rings is 2. The molecule has 3 aromatic rings. The molecule has 6 nitrogen and oxygen atoms in total. The van der Waals surface area contributed by atoms with Crippen molar-refractivity contribution in [1.82, 2.24) is 8.75 Å². The summed E-state index contributed by atoms with van der Waals surface area (Å²) < 4.78 is 33.4. The van der Waals surface area contributed by atoms with Crippen molar-refractivity contribution in [3.63, 3.8) is 0 Å². The van der Waals surface area contributed by atoms with Gasteiger partial charge >= 0.3 is 0 Å². The number of carbonyl (C=O) groups excluding carboxylic acids is 1. The molecule has 2 aromatic carbocycles. The van der Waals surface area contributed by atoms with Gasteiger partial charge in [0.25, 0.3) is 0 Å². The van der Waals surface area contributed by atoms with Crippen molar-refractivity contribution in [3.8, 4) is 0 Å². The van der Waals surface area contributed by atoms with Crippen LogP contribution >= 0.6 is 11.7 Å². The first kappa shape index (κ1) is 16.5. The van der Waals surface area contributed by atoms with Crippen LogP contribution in [0.2, 0.25) is 0 Å². The zero-order chi connectivity index (χ0) is 17.3. The molecule has 8 heteroatoms. The summed E-state index contributed by atoms with van der Waals surface area (Å²) in [7, 11) is -2.24. The lowest BCUT2D eigenvalue weighted by molar-refractivity contribution is -0.115. The summed E-state index contributed by atoms with van der Waals surface area (Å²) >= 11 is 0.947. The maximum Gasteiger partial charge on any atom is 0.242 e. The smallest absolute Gasteiger partial charge is 0.242 e. The molecule has 0 aliphatic carbocycles. The average molecular weight is 361 g/mol. The minimum absolute atomic E-state index is 0.0414. The fourth-order valence-electron chi connectivity index (χ4n) is 2.35. The van der Waals surface area contributed by atoms with Crippen LogP contribution in [-0.4, -0.2) is 35.9 Å². The molecule has 24 heavy (non-hydrogen) atoms. The van der Waals surface area contributed by atoms with Gasteiger partial charge in [0.05, 0.1) is 16.6 Å².